The van der Waals surface area contributed by atoms with Crippen molar-refractivity contribution in [1.29, 1.82) is 0 Å². The molecule has 2 amide bonds. The quantitative estimate of drug-likeness (QED) is 0.769. The first-order chi connectivity index (χ1) is 14.0. The van der Waals surface area contributed by atoms with E-state index in [4.69, 9.17) is 9.15 Å². The number of carbonyl (C=O) groups excluding carboxylic acids is 2. The van der Waals surface area contributed by atoms with Crippen LogP contribution in [0.5, 0.6) is 0 Å². The van der Waals surface area contributed by atoms with E-state index in [1.807, 2.05) is 45.0 Å². The fourth-order valence-corrected chi connectivity index (χ4v) is 3.83. The van der Waals surface area contributed by atoms with Gasteiger partial charge in [-0.05, 0) is 51.0 Å². The molecule has 2 aromatic rings. The lowest BCUT2D eigenvalue weighted by Crippen LogP contribution is -2.50. The van der Waals surface area contributed by atoms with Crippen molar-refractivity contribution in [2.24, 2.45) is 5.92 Å². The summed E-state index contributed by atoms with van der Waals surface area (Å²) < 4.78 is 11.3. The molecule has 2 N–H and O–H groups in total. The Morgan fingerprint density at radius 2 is 1.93 bits per heavy atom. The fraction of sp³-hybridized carbons (Fsp3) is 0.565. The summed E-state index contributed by atoms with van der Waals surface area (Å²) in [5.74, 6) is 0.0579. The van der Waals surface area contributed by atoms with Crippen molar-refractivity contribution in [3.05, 3.63) is 35.6 Å². The molecule has 2 unspecified atom stereocenters. The standard InChI is InChI=1S/C23H32N2O4/c1-15(2)14-19(22(26)24-17-8-6-7-12-28-13-11-17)25-23(27)21-16(3)18-9-4-5-10-20(18)29-21/h4-5,9-10,15,17,19H,6-8,11-14H2,1-3H3,(H,24,26)(H,25,27). The zero-order valence-corrected chi connectivity index (χ0v) is 17.6. The van der Waals surface area contributed by atoms with Gasteiger partial charge >= 0.3 is 0 Å². The van der Waals surface area contributed by atoms with Gasteiger partial charge in [0.25, 0.3) is 5.91 Å². The van der Waals surface area contributed by atoms with Gasteiger partial charge in [-0.2, -0.15) is 0 Å². The predicted molar refractivity (Wildman–Crippen MR) is 113 cm³/mol. The third-order valence-corrected chi connectivity index (χ3v) is 5.43. The van der Waals surface area contributed by atoms with Crippen molar-refractivity contribution in [1.82, 2.24) is 10.6 Å². The van der Waals surface area contributed by atoms with E-state index in [2.05, 4.69) is 10.6 Å². The molecule has 2 heterocycles. The Balaban J connectivity index is 1.70. The van der Waals surface area contributed by atoms with Gasteiger partial charge in [-0.3, -0.25) is 9.59 Å². The zero-order valence-electron chi connectivity index (χ0n) is 17.6. The minimum Gasteiger partial charge on any atom is -0.451 e. The van der Waals surface area contributed by atoms with Gasteiger partial charge < -0.3 is 19.8 Å². The molecule has 29 heavy (non-hydrogen) atoms. The van der Waals surface area contributed by atoms with Crippen molar-refractivity contribution in [2.45, 2.75) is 65.0 Å². The molecule has 0 saturated carbocycles. The largest absolute Gasteiger partial charge is 0.451 e. The number of amides is 2. The van der Waals surface area contributed by atoms with E-state index in [0.717, 1.165) is 43.2 Å². The summed E-state index contributed by atoms with van der Waals surface area (Å²) in [6, 6.07) is 7.05. The number of rotatable bonds is 6. The summed E-state index contributed by atoms with van der Waals surface area (Å²) in [5.41, 5.74) is 1.47. The lowest BCUT2D eigenvalue weighted by Gasteiger charge is -2.25. The van der Waals surface area contributed by atoms with Crippen molar-refractivity contribution in [3.63, 3.8) is 0 Å². The third kappa shape index (κ3) is 5.60. The molecule has 3 rings (SSSR count). The Kier molecular flexibility index (Phi) is 7.31. The van der Waals surface area contributed by atoms with E-state index >= 15 is 0 Å². The van der Waals surface area contributed by atoms with Crippen LogP contribution in [0.15, 0.2) is 28.7 Å². The normalized spacial score (nSPS) is 18.8. The lowest BCUT2D eigenvalue weighted by atomic mass is 10.0. The number of fused-ring (bicyclic) bond motifs is 1. The Labute approximate surface area is 172 Å². The van der Waals surface area contributed by atoms with Gasteiger partial charge in [-0.25, -0.2) is 0 Å². The second-order valence-electron chi connectivity index (χ2n) is 8.31. The Bertz CT molecular complexity index is 835. The maximum absolute atomic E-state index is 13.0. The highest BCUT2D eigenvalue weighted by Gasteiger charge is 2.27. The Morgan fingerprint density at radius 3 is 2.69 bits per heavy atom. The third-order valence-electron chi connectivity index (χ3n) is 5.43. The molecule has 158 valence electrons. The van der Waals surface area contributed by atoms with E-state index in [-0.39, 0.29) is 29.5 Å². The molecule has 1 saturated heterocycles. The molecule has 1 aliphatic rings. The number of hydrogen-bond donors (Lipinski definition) is 2. The summed E-state index contributed by atoms with van der Waals surface area (Å²) in [6.07, 6.45) is 4.37. The molecule has 2 atom stereocenters. The number of carbonyl (C=O) groups is 2. The highest BCUT2D eigenvalue weighted by molar-refractivity contribution is 6.00. The van der Waals surface area contributed by atoms with Gasteiger partial charge in [-0.1, -0.05) is 32.0 Å². The highest BCUT2D eigenvalue weighted by atomic mass is 16.5. The van der Waals surface area contributed by atoms with Crippen LogP contribution >= 0.6 is 0 Å². The van der Waals surface area contributed by atoms with E-state index < -0.39 is 6.04 Å². The number of ether oxygens (including phenoxy) is 1. The van der Waals surface area contributed by atoms with Gasteiger partial charge in [0.05, 0.1) is 0 Å². The van der Waals surface area contributed by atoms with Gasteiger partial charge in [0.15, 0.2) is 5.76 Å². The summed E-state index contributed by atoms with van der Waals surface area (Å²) in [6.45, 7) is 7.41. The molecular weight excluding hydrogens is 368 g/mol. The summed E-state index contributed by atoms with van der Waals surface area (Å²) in [7, 11) is 0. The van der Waals surface area contributed by atoms with Crippen LogP contribution in [-0.2, 0) is 9.53 Å². The average Bonchev–Trinajstić information content (AvgIpc) is 3.00. The number of furan rings is 1. The van der Waals surface area contributed by atoms with Gasteiger partial charge in [-0.15, -0.1) is 0 Å². The number of nitrogens with one attached hydrogen (secondary N) is 2. The van der Waals surface area contributed by atoms with Crippen LogP contribution in [0.25, 0.3) is 11.0 Å². The van der Waals surface area contributed by atoms with Crippen molar-refractivity contribution < 1.29 is 18.7 Å². The average molecular weight is 401 g/mol. The van der Waals surface area contributed by atoms with Crippen molar-refractivity contribution in [3.8, 4) is 0 Å². The van der Waals surface area contributed by atoms with E-state index in [1.165, 1.54) is 0 Å². The topological polar surface area (TPSA) is 80.6 Å². The Morgan fingerprint density at radius 1 is 1.14 bits per heavy atom. The van der Waals surface area contributed by atoms with Crippen molar-refractivity contribution in [2.75, 3.05) is 13.2 Å². The number of benzene rings is 1. The second-order valence-corrected chi connectivity index (χ2v) is 8.31. The first-order valence-electron chi connectivity index (χ1n) is 10.6. The molecule has 0 aliphatic carbocycles. The zero-order chi connectivity index (χ0) is 20.8. The maximum Gasteiger partial charge on any atom is 0.287 e. The predicted octanol–water partition coefficient (Wildman–Crippen LogP) is 3.96. The van der Waals surface area contributed by atoms with Crippen LogP contribution in [0.1, 0.15) is 62.1 Å². The molecule has 0 spiro atoms. The van der Waals surface area contributed by atoms with Crippen LogP contribution in [-0.4, -0.2) is 37.1 Å². The smallest absolute Gasteiger partial charge is 0.287 e. The molecule has 1 aliphatic heterocycles. The monoisotopic (exact) mass is 400 g/mol. The number of para-hydroxylation sites is 1. The first kappa shape index (κ1) is 21.4. The van der Waals surface area contributed by atoms with Gasteiger partial charge in [0.2, 0.25) is 5.91 Å². The molecule has 6 heteroatoms. The number of hydrogen-bond acceptors (Lipinski definition) is 4. The van der Waals surface area contributed by atoms with E-state index in [0.29, 0.717) is 18.6 Å². The molecule has 1 aromatic heterocycles. The van der Waals surface area contributed by atoms with Crippen LogP contribution < -0.4 is 10.6 Å². The van der Waals surface area contributed by atoms with Gasteiger partial charge in [0.1, 0.15) is 11.6 Å². The van der Waals surface area contributed by atoms with Crippen LogP contribution in [0.2, 0.25) is 0 Å². The van der Waals surface area contributed by atoms with Crippen LogP contribution in [0.3, 0.4) is 0 Å². The SMILES string of the molecule is Cc1c(C(=O)NC(CC(C)C)C(=O)NC2CCCCOCC2)oc2ccccc12. The minimum absolute atomic E-state index is 0.0855. The Hall–Kier alpha value is -2.34. The summed E-state index contributed by atoms with van der Waals surface area (Å²) in [4.78, 5) is 25.9. The van der Waals surface area contributed by atoms with Crippen LogP contribution in [0.4, 0.5) is 0 Å². The summed E-state index contributed by atoms with van der Waals surface area (Å²) >= 11 is 0. The second kappa shape index (κ2) is 9.92. The molecular formula is C23H32N2O4. The molecule has 6 nitrogen and oxygen atoms in total. The highest BCUT2D eigenvalue weighted by Crippen LogP contribution is 2.25. The van der Waals surface area contributed by atoms with E-state index in [1.54, 1.807) is 0 Å². The van der Waals surface area contributed by atoms with Gasteiger partial charge in [0, 0.05) is 30.2 Å². The molecule has 0 radical (unpaired) electrons. The van der Waals surface area contributed by atoms with E-state index in [9.17, 15) is 9.59 Å². The first-order valence-corrected chi connectivity index (χ1v) is 10.6. The maximum atomic E-state index is 13.0. The lowest BCUT2D eigenvalue weighted by molar-refractivity contribution is -0.124. The fourth-order valence-electron chi connectivity index (χ4n) is 3.83. The van der Waals surface area contributed by atoms with Crippen LogP contribution in [0, 0.1) is 12.8 Å². The minimum atomic E-state index is -0.596. The number of aryl methyl sites for hydroxylation is 1. The summed E-state index contributed by atoms with van der Waals surface area (Å²) in [5, 5.41) is 6.95. The van der Waals surface area contributed by atoms with Crippen molar-refractivity contribution >= 4 is 22.8 Å². The molecule has 1 aromatic carbocycles. The molecule has 0 bridgehead atoms. The molecule has 1 fully saturated rings.